The zero-order valence-electron chi connectivity index (χ0n) is 22.4. The number of carbonyl (C=O) groups excluding carboxylic acids is 2. The van der Waals surface area contributed by atoms with Gasteiger partial charge in [0.2, 0.25) is 11.8 Å². The standard InChI is InChI=1S/C29H33Cl2N3O4S/c1-5-27(29(36)32-6-2)33(18-22-9-7-8-10-25(22)30)28(35)19-34(23-14-13-21(4)26(31)17-23)39(37,38)24-15-11-20(3)12-16-24/h7-17,27H,5-6,18-19H2,1-4H3,(H,32,36)/t27-/m1/s1. The first-order valence-electron chi connectivity index (χ1n) is 12.7. The molecule has 1 N–H and O–H groups in total. The van der Waals surface area contributed by atoms with Crippen LogP contribution in [0.2, 0.25) is 10.0 Å². The molecule has 7 nitrogen and oxygen atoms in total. The Labute approximate surface area is 240 Å². The van der Waals surface area contributed by atoms with Crippen LogP contribution in [0.25, 0.3) is 0 Å². The van der Waals surface area contributed by atoms with E-state index >= 15 is 0 Å². The van der Waals surface area contributed by atoms with Gasteiger partial charge >= 0.3 is 0 Å². The molecule has 39 heavy (non-hydrogen) atoms. The van der Waals surface area contributed by atoms with Crippen molar-refractivity contribution in [2.45, 2.75) is 51.6 Å². The summed E-state index contributed by atoms with van der Waals surface area (Å²) in [6.45, 7) is 7.13. The molecule has 3 aromatic carbocycles. The third-order valence-corrected chi connectivity index (χ3v) is 8.93. The molecule has 10 heteroatoms. The van der Waals surface area contributed by atoms with Gasteiger partial charge in [-0.15, -0.1) is 0 Å². The van der Waals surface area contributed by atoms with Crippen LogP contribution in [0.3, 0.4) is 0 Å². The lowest BCUT2D eigenvalue weighted by molar-refractivity contribution is -0.140. The van der Waals surface area contributed by atoms with E-state index in [1.54, 1.807) is 69.3 Å². The van der Waals surface area contributed by atoms with E-state index in [1.807, 2.05) is 6.92 Å². The number of likely N-dealkylation sites (N-methyl/N-ethyl adjacent to an activating group) is 1. The maximum absolute atomic E-state index is 14.0. The van der Waals surface area contributed by atoms with E-state index in [9.17, 15) is 18.0 Å². The third kappa shape index (κ3) is 7.32. The third-order valence-electron chi connectivity index (χ3n) is 6.37. The molecule has 0 aliphatic heterocycles. The fourth-order valence-electron chi connectivity index (χ4n) is 4.12. The van der Waals surface area contributed by atoms with Crippen LogP contribution in [0.1, 0.15) is 37.0 Å². The molecule has 0 radical (unpaired) electrons. The SMILES string of the molecule is CCNC(=O)[C@@H](CC)N(Cc1ccccc1Cl)C(=O)CN(c1ccc(C)c(Cl)c1)S(=O)(=O)c1ccc(C)cc1. The predicted octanol–water partition coefficient (Wildman–Crippen LogP) is 5.75. The molecule has 0 saturated carbocycles. The van der Waals surface area contributed by atoms with Crippen molar-refractivity contribution in [2.75, 3.05) is 17.4 Å². The molecule has 3 rings (SSSR count). The summed E-state index contributed by atoms with van der Waals surface area (Å²) in [5.74, 6) is -0.882. The number of rotatable bonds is 11. The number of nitrogens with zero attached hydrogens (tertiary/aromatic N) is 2. The maximum atomic E-state index is 14.0. The molecule has 0 heterocycles. The van der Waals surface area contributed by atoms with Crippen LogP contribution in [0.5, 0.6) is 0 Å². The van der Waals surface area contributed by atoms with E-state index in [0.717, 1.165) is 15.4 Å². The van der Waals surface area contributed by atoms with Crippen LogP contribution in [-0.4, -0.2) is 44.3 Å². The molecular formula is C29H33Cl2N3O4S. The van der Waals surface area contributed by atoms with Gasteiger partial charge < -0.3 is 10.2 Å². The van der Waals surface area contributed by atoms with Gasteiger partial charge in [-0.05, 0) is 68.7 Å². The molecule has 1 atom stereocenters. The normalized spacial score (nSPS) is 12.1. The minimum atomic E-state index is -4.17. The number of hydrogen-bond acceptors (Lipinski definition) is 4. The number of amides is 2. The van der Waals surface area contributed by atoms with Gasteiger partial charge in [-0.25, -0.2) is 8.42 Å². The summed E-state index contributed by atoms with van der Waals surface area (Å²) in [7, 11) is -4.17. The van der Waals surface area contributed by atoms with Gasteiger partial charge in [0.05, 0.1) is 10.6 Å². The molecule has 3 aromatic rings. The lowest BCUT2D eigenvalue weighted by Gasteiger charge is -2.33. The summed E-state index contributed by atoms with van der Waals surface area (Å²) < 4.78 is 28.8. The summed E-state index contributed by atoms with van der Waals surface area (Å²) in [6, 6.07) is 17.4. The Bertz CT molecular complexity index is 1430. The van der Waals surface area contributed by atoms with Crippen molar-refractivity contribution in [1.82, 2.24) is 10.2 Å². The quantitative estimate of drug-likeness (QED) is 0.308. The van der Waals surface area contributed by atoms with Crippen molar-refractivity contribution in [1.29, 1.82) is 0 Å². The minimum absolute atomic E-state index is 0.0290. The first-order chi connectivity index (χ1) is 18.5. The second-order valence-electron chi connectivity index (χ2n) is 9.19. The van der Waals surface area contributed by atoms with E-state index in [4.69, 9.17) is 23.2 Å². The Morgan fingerprint density at radius 2 is 1.59 bits per heavy atom. The van der Waals surface area contributed by atoms with Gasteiger partial charge in [-0.3, -0.25) is 13.9 Å². The average molecular weight is 591 g/mol. The van der Waals surface area contributed by atoms with Gasteiger partial charge in [-0.1, -0.05) is 72.1 Å². The summed E-state index contributed by atoms with van der Waals surface area (Å²) in [5.41, 5.74) is 2.54. The predicted molar refractivity (Wildman–Crippen MR) is 157 cm³/mol. The molecule has 0 spiro atoms. The molecule has 208 valence electrons. The highest BCUT2D eigenvalue weighted by atomic mass is 35.5. The molecule has 0 fully saturated rings. The Kier molecular flexibility index (Phi) is 10.4. The second kappa shape index (κ2) is 13.3. The number of nitrogens with one attached hydrogen (secondary N) is 1. The highest BCUT2D eigenvalue weighted by molar-refractivity contribution is 7.92. The fraction of sp³-hybridized carbons (Fsp3) is 0.310. The van der Waals surface area contributed by atoms with Crippen molar-refractivity contribution in [3.8, 4) is 0 Å². The van der Waals surface area contributed by atoms with Gasteiger partial charge in [0.15, 0.2) is 0 Å². The molecular weight excluding hydrogens is 557 g/mol. The Morgan fingerprint density at radius 1 is 0.923 bits per heavy atom. The van der Waals surface area contributed by atoms with Crippen LogP contribution in [0.4, 0.5) is 5.69 Å². The van der Waals surface area contributed by atoms with Gasteiger partial charge in [-0.2, -0.15) is 0 Å². The lowest BCUT2D eigenvalue weighted by Crippen LogP contribution is -2.52. The highest BCUT2D eigenvalue weighted by Crippen LogP contribution is 2.29. The van der Waals surface area contributed by atoms with Crippen molar-refractivity contribution in [2.24, 2.45) is 0 Å². The number of hydrogen-bond donors (Lipinski definition) is 1. The monoisotopic (exact) mass is 589 g/mol. The van der Waals surface area contributed by atoms with Crippen molar-refractivity contribution >= 4 is 50.7 Å². The van der Waals surface area contributed by atoms with Crippen LogP contribution in [-0.2, 0) is 26.2 Å². The topological polar surface area (TPSA) is 86.8 Å². The minimum Gasteiger partial charge on any atom is -0.355 e. The Morgan fingerprint density at radius 3 is 2.18 bits per heavy atom. The number of aryl methyl sites for hydroxylation is 2. The first-order valence-corrected chi connectivity index (χ1v) is 14.8. The van der Waals surface area contributed by atoms with Crippen molar-refractivity contribution in [3.63, 3.8) is 0 Å². The largest absolute Gasteiger partial charge is 0.355 e. The lowest BCUT2D eigenvalue weighted by atomic mass is 10.1. The molecule has 0 saturated heterocycles. The summed E-state index contributed by atoms with van der Waals surface area (Å²) in [5, 5.41) is 3.58. The van der Waals surface area contributed by atoms with E-state index in [0.29, 0.717) is 28.6 Å². The zero-order valence-corrected chi connectivity index (χ0v) is 24.8. The summed E-state index contributed by atoms with van der Waals surface area (Å²) in [6.07, 6.45) is 0.323. The number of carbonyl (C=O) groups is 2. The molecule has 0 aliphatic carbocycles. The molecule has 0 unspecified atom stereocenters. The molecule has 0 aromatic heterocycles. The number of anilines is 1. The van der Waals surface area contributed by atoms with E-state index in [-0.39, 0.29) is 23.0 Å². The number of halogens is 2. The fourth-order valence-corrected chi connectivity index (χ4v) is 5.90. The average Bonchev–Trinajstić information content (AvgIpc) is 2.90. The first kappa shape index (κ1) is 30.5. The van der Waals surface area contributed by atoms with Crippen molar-refractivity contribution in [3.05, 3.63) is 93.5 Å². The van der Waals surface area contributed by atoms with Gasteiger partial charge in [0.1, 0.15) is 12.6 Å². The van der Waals surface area contributed by atoms with E-state index in [2.05, 4.69) is 5.32 Å². The van der Waals surface area contributed by atoms with Gasteiger partial charge in [0, 0.05) is 23.1 Å². The zero-order chi connectivity index (χ0) is 28.7. The van der Waals surface area contributed by atoms with Crippen LogP contribution < -0.4 is 9.62 Å². The highest BCUT2D eigenvalue weighted by Gasteiger charge is 2.34. The number of benzene rings is 3. The van der Waals surface area contributed by atoms with Gasteiger partial charge in [0.25, 0.3) is 10.0 Å². The molecule has 0 aliphatic rings. The maximum Gasteiger partial charge on any atom is 0.264 e. The van der Waals surface area contributed by atoms with Crippen LogP contribution >= 0.6 is 23.2 Å². The molecule has 2 amide bonds. The second-order valence-corrected chi connectivity index (χ2v) is 11.9. The Balaban J connectivity index is 2.10. The van der Waals surface area contributed by atoms with E-state index in [1.165, 1.54) is 23.1 Å². The van der Waals surface area contributed by atoms with E-state index < -0.39 is 28.5 Å². The van der Waals surface area contributed by atoms with Crippen molar-refractivity contribution < 1.29 is 18.0 Å². The van der Waals surface area contributed by atoms with Crippen LogP contribution in [0, 0.1) is 13.8 Å². The summed E-state index contributed by atoms with van der Waals surface area (Å²) in [4.78, 5) is 28.4. The summed E-state index contributed by atoms with van der Waals surface area (Å²) >= 11 is 12.8. The Hall–Kier alpha value is -3.07. The van der Waals surface area contributed by atoms with Crippen LogP contribution in [0.15, 0.2) is 71.6 Å². The smallest absolute Gasteiger partial charge is 0.264 e. The molecule has 0 bridgehead atoms. The number of sulfonamides is 1.